The number of hydrogen-bond donors (Lipinski definition) is 0. The highest BCUT2D eigenvalue weighted by Crippen LogP contribution is 2.20. The van der Waals surface area contributed by atoms with Gasteiger partial charge in [0.25, 0.3) is 5.91 Å². The third-order valence-corrected chi connectivity index (χ3v) is 3.18. The van der Waals surface area contributed by atoms with Crippen molar-refractivity contribution in [1.82, 2.24) is 4.90 Å². The fraction of sp³-hybridized carbons (Fsp3) is 0.200. The van der Waals surface area contributed by atoms with Gasteiger partial charge in [-0.2, -0.15) is 5.26 Å². The Morgan fingerprint density at radius 2 is 2.33 bits per heavy atom. The van der Waals surface area contributed by atoms with Crippen molar-refractivity contribution in [2.45, 2.75) is 0 Å². The van der Waals surface area contributed by atoms with Crippen molar-refractivity contribution in [2.75, 3.05) is 13.6 Å². The molecule has 0 spiro atoms. The summed E-state index contributed by atoms with van der Waals surface area (Å²) >= 11 is 5.46. The minimum absolute atomic E-state index is 0.0940. The van der Waals surface area contributed by atoms with E-state index in [1.54, 1.807) is 13.1 Å². The Kier molecular flexibility index (Phi) is 4.54. The van der Waals surface area contributed by atoms with E-state index in [4.69, 9.17) is 5.26 Å². The Labute approximate surface area is 110 Å². The standard InChI is InChI=1S/C10H8BrIN2O/c1-14(5-4-13)10(15)8-6-7(12)2-3-9(8)11/h2-3,6H,5H2,1H3. The average Bonchev–Trinajstić information content (AvgIpc) is 2.21. The molecule has 0 radical (unpaired) electrons. The summed E-state index contributed by atoms with van der Waals surface area (Å²) < 4.78 is 1.74. The molecule has 0 aliphatic carbocycles. The summed E-state index contributed by atoms with van der Waals surface area (Å²) in [7, 11) is 1.61. The van der Waals surface area contributed by atoms with Crippen LogP contribution in [-0.4, -0.2) is 24.4 Å². The van der Waals surface area contributed by atoms with Crippen LogP contribution in [0.3, 0.4) is 0 Å². The number of carbonyl (C=O) groups excluding carboxylic acids is 1. The Balaban J connectivity index is 3.01. The lowest BCUT2D eigenvalue weighted by Crippen LogP contribution is -2.27. The lowest BCUT2D eigenvalue weighted by molar-refractivity contribution is 0.0811. The van der Waals surface area contributed by atoms with Gasteiger partial charge in [-0.1, -0.05) is 0 Å². The van der Waals surface area contributed by atoms with Gasteiger partial charge in [0, 0.05) is 15.1 Å². The minimum atomic E-state index is -0.151. The van der Waals surface area contributed by atoms with Crippen molar-refractivity contribution in [3.8, 4) is 6.07 Å². The summed E-state index contributed by atoms with van der Waals surface area (Å²) in [5.74, 6) is -0.151. The molecule has 0 saturated heterocycles. The molecule has 1 amide bonds. The zero-order chi connectivity index (χ0) is 11.4. The average molecular weight is 379 g/mol. The summed E-state index contributed by atoms with van der Waals surface area (Å²) in [5.41, 5.74) is 0.583. The van der Waals surface area contributed by atoms with Gasteiger partial charge in [-0.05, 0) is 56.7 Å². The van der Waals surface area contributed by atoms with Crippen LogP contribution in [0.25, 0.3) is 0 Å². The number of benzene rings is 1. The molecule has 0 unspecified atom stereocenters. The Bertz CT molecular complexity index is 428. The first-order valence-electron chi connectivity index (χ1n) is 4.13. The van der Waals surface area contributed by atoms with Gasteiger partial charge in [0.15, 0.2) is 0 Å². The van der Waals surface area contributed by atoms with Gasteiger partial charge in [0.1, 0.15) is 6.54 Å². The molecule has 0 heterocycles. The maximum absolute atomic E-state index is 11.8. The first-order valence-corrected chi connectivity index (χ1v) is 6.01. The maximum Gasteiger partial charge on any atom is 0.255 e. The Hall–Kier alpha value is -0.610. The molecule has 0 atom stereocenters. The summed E-state index contributed by atoms with van der Waals surface area (Å²) in [6, 6.07) is 7.47. The van der Waals surface area contributed by atoms with E-state index in [9.17, 15) is 4.79 Å². The fourth-order valence-corrected chi connectivity index (χ4v) is 1.95. The van der Waals surface area contributed by atoms with Crippen LogP contribution in [0.4, 0.5) is 0 Å². The number of halogens is 2. The Morgan fingerprint density at radius 3 is 2.93 bits per heavy atom. The van der Waals surface area contributed by atoms with Crippen LogP contribution in [-0.2, 0) is 0 Å². The molecule has 0 N–H and O–H groups in total. The van der Waals surface area contributed by atoms with E-state index in [1.165, 1.54) is 4.90 Å². The third kappa shape index (κ3) is 3.18. The van der Waals surface area contributed by atoms with E-state index in [-0.39, 0.29) is 12.5 Å². The van der Waals surface area contributed by atoms with Crippen LogP contribution in [0.15, 0.2) is 22.7 Å². The molecule has 0 aliphatic rings. The number of rotatable bonds is 2. The van der Waals surface area contributed by atoms with Crippen LogP contribution in [0.1, 0.15) is 10.4 Å². The van der Waals surface area contributed by atoms with Gasteiger partial charge in [-0.3, -0.25) is 4.79 Å². The molecule has 15 heavy (non-hydrogen) atoms. The summed E-state index contributed by atoms with van der Waals surface area (Å²) in [6.45, 7) is 0.0940. The van der Waals surface area contributed by atoms with Crippen LogP contribution in [0.2, 0.25) is 0 Å². The summed E-state index contributed by atoms with van der Waals surface area (Å²) in [5, 5.41) is 8.50. The predicted molar refractivity (Wildman–Crippen MR) is 69.4 cm³/mol. The second kappa shape index (κ2) is 5.47. The minimum Gasteiger partial charge on any atom is -0.328 e. The van der Waals surface area contributed by atoms with Crippen LogP contribution in [0, 0.1) is 14.9 Å². The molecular formula is C10H8BrIN2O. The molecule has 0 aliphatic heterocycles. The normalized spacial score (nSPS) is 9.47. The van der Waals surface area contributed by atoms with Crippen LogP contribution in [0.5, 0.6) is 0 Å². The lowest BCUT2D eigenvalue weighted by atomic mass is 10.2. The van der Waals surface area contributed by atoms with Crippen LogP contribution < -0.4 is 0 Å². The van der Waals surface area contributed by atoms with E-state index in [0.717, 1.165) is 8.04 Å². The molecule has 5 heteroatoms. The van der Waals surface area contributed by atoms with Crippen molar-refractivity contribution in [1.29, 1.82) is 5.26 Å². The highest BCUT2D eigenvalue weighted by Gasteiger charge is 2.14. The maximum atomic E-state index is 11.8. The van der Waals surface area contributed by atoms with Gasteiger partial charge in [0.05, 0.1) is 11.6 Å². The predicted octanol–water partition coefficient (Wildman–Crippen LogP) is 2.65. The first-order chi connectivity index (χ1) is 7.06. The van der Waals surface area contributed by atoms with Crippen molar-refractivity contribution in [3.63, 3.8) is 0 Å². The number of amides is 1. The van der Waals surface area contributed by atoms with Crippen molar-refractivity contribution in [2.24, 2.45) is 0 Å². The molecule has 3 nitrogen and oxygen atoms in total. The highest BCUT2D eigenvalue weighted by molar-refractivity contribution is 14.1. The lowest BCUT2D eigenvalue weighted by Gasteiger charge is -2.14. The topological polar surface area (TPSA) is 44.1 Å². The van der Waals surface area contributed by atoms with Gasteiger partial charge in [-0.15, -0.1) is 0 Å². The number of nitrogens with zero attached hydrogens (tertiary/aromatic N) is 2. The van der Waals surface area contributed by atoms with Crippen molar-refractivity contribution >= 4 is 44.4 Å². The largest absolute Gasteiger partial charge is 0.328 e. The molecule has 1 aromatic carbocycles. The number of carbonyl (C=O) groups is 1. The molecular weight excluding hydrogens is 371 g/mol. The SMILES string of the molecule is CN(CC#N)C(=O)c1cc(I)ccc1Br. The molecule has 0 saturated carbocycles. The molecule has 0 aromatic heterocycles. The van der Waals surface area contributed by atoms with E-state index in [0.29, 0.717) is 5.56 Å². The quantitative estimate of drug-likeness (QED) is 0.586. The van der Waals surface area contributed by atoms with Gasteiger partial charge in [-0.25, -0.2) is 0 Å². The summed E-state index contributed by atoms with van der Waals surface area (Å²) in [6.07, 6.45) is 0. The molecule has 78 valence electrons. The second-order valence-electron chi connectivity index (χ2n) is 2.94. The smallest absolute Gasteiger partial charge is 0.255 e. The molecule has 0 bridgehead atoms. The molecule has 1 aromatic rings. The van der Waals surface area contributed by atoms with E-state index >= 15 is 0 Å². The van der Waals surface area contributed by atoms with Gasteiger partial charge >= 0.3 is 0 Å². The van der Waals surface area contributed by atoms with Crippen molar-refractivity contribution in [3.05, 3.63) is 31.8 Å². The van der Waals surface area contributed by atoms with E-state index in [1.807, 2.05) is 18.2 Å². The third-order valence-electron chi connectivity index (χ3n) is 1.81. The monoisotopic (exact) mass is 378 g/mol. The summed E-state index contributed by atoms with van der Waals surface area (Å²) in [4.78, 5) is 13.2. The van der Waals surface area contributed by atoms with Gasteiger partial charge < -0.3 is 4.90 Å². The van der Waals surface area contributed by atoms with Crippen LogP contribution >= 0.6 is 38.5 Å². The van der Waals surface area contributed by atoms with E-state index < -0.39 is 0 Å². The number of nitriles is 1. The molecule has 1 rings (SSSR count). The zero-order valence-electron chi connectivity index (χ0n) is 8.00. The first kappa shape index (κ1) is 12.5. The van der Waals surface area contributed by atoms with Crippen molar-refractivity contribution < 1.29 is 4.79 Å². The molecule has 0 fully saturated rings. The fourth-order valence-electron chi connectivity index (χ4n) is 1.04. The Morgan fingerprint density at radius 1 is 1.67 bits per heavy atom. The number of hydrogen-bond acceptors (Lipinski definition) is 2. The second-order valence-corrected chi connectivity index (χ2v) is 5.04. The van der Waals surface area contributed by atoms with Gasteiger partial charge in [0.2, 0.25) is 0 Å². The zero-order valence-corrected chi connectivity index (χ0v) is 11.7. The highest BCUT2D eigenvalue weighted by atomic mass is 127. The van der Waals surface area contributed by atoms with E-state index in [2.05, 4.69) is 38.5 Å².